The molecule has 1 atom stereocenters. The zero-order chi connectivity index (χ0) is 22.9. The third-order valence-corrected chi connectivity index (χ3v) is 8.14. The van der Waals surface area contributed by atoms with Crippen LogP contribution in [0.5, 0.6) is 0 Å². The summed E-state index contributed by atoms with van der Waals surface area (Å²) in [7, 11) is 0. The SMILES string of the molecule is Fc1cncnc1N1CC2(CC(c3nnc4n3-c3ccc(Cl)cc3CN([C@@H]3CCOC3)C4)C2)C1. The largest absolute Gasteiger partial charge is 0.380 e. The third kappa shape index (κ3) is 3.25. The molecule has 3 aromatic rings. The van der Waals surface area contributed by atoms with Gasteiger partial charge in [-0.05, 0) is 43.0 Å². The second kappa shape index (κ2) is 7.69. The molecule has 176 valence electrons. The number of ether oxygens (including phenoxy) is 1. The van der Waals surface area contributed by atoms with E-state index in [1.807, 2.05) is 11.0 Å². The van der Waals surface area contributed by atoms with Gasteiger partial charge in [0.25, 0.3) is 0 Å². The van der Waals surface area contributed by atoms with Gasteiger partial charge in [0.1, 0.15) is 12.2 Å². The fourth-order valence-corrected chi connectivity index (χ4v) is 6.46. The molecule has 0 radical (unpaired) electrons. The maximum absolute atomic E-state index is 14.1. The van der Waals surface area contributed by atoms with E-state index < -0.39 is 0 Å². The smallest absolute Gasteiger partial charge is 0.183 e. The van der Waals surface area contributed by atoms with E-state index in [0.717, 1.165) is 81.0 Å². The van der Waals surface area contributed by atoms with E-state index in [-0.39, 0.29) is 11.2 Å². The lowest BCUT2D eigenvalue weighted by Crippen LogP contribution is -2.62. The highest BCUT2D eigenvalue weighted by Crippen LogP contribution is 2.56. The summed E-state index contributed by atoms with van der Waals surface area (Å²) in [5, 5.41) is 10.1. The van der Waals surface area contributed by atoms with Crippen LogP contribution in [0.2, 0.25) is 5.02 Å². The van der Waals surface area contributed by atoms with Gasteiger partial charge in [-0.2, -0.15) is 0 Å². The molecule has 1 spiro atoms. The summed E-state index contributed by atoms with van der Waals surface area (Å²) >= 11 is 6.39. The Kier molecular flexibility index (Phi) is 4.69. The first-order valence-electron chi connectivity index (χ1n) is 11.8. The van der Waals surface area contributed by atoms with Crippen molar-refractivity contribution in [3.63, 3.8) is 0 Å². The van der Waals surface area contributed by atoms with Crippen molar-refractivity contribution in [1.82, 2.24) is 29.6 Å². The number of rotatable bonds is 3. The number of benzene rings is 1. The molecular weight excluding hydrogens is 457 g/mol. The molecule has 5 heterocycles. The van der Waals surface area contributed by atoms with Gasteiger partial charge in [-0.1, -0.05) is 11.6 Å². The van der Waals surface area contributed by atoms with Crippen molar-refractivity contribution in [3.8, 4) is 5.69 Å². The van der Waals surface area contributed by atoms with Gasteiger partial charge in [-0.25, -0.2) is 14.4 Å². The average Bonchev–Trinajstić information content (AvgIpc) is 3.41. The summed E-state index contributed by atoms with van der Waals surface area (Å²) in [4.78, 5) is 12.3. The maximum atomic E-state index is 14.1. The molecule has 3 aliphatic heterocycles. The van der Waals surface area contributed by atoms with Crippen molar-refractivity contribution < 1.29 is 9.13 Å². The van der Waals surface area contributed by atoms with Gasteiger partial charge in [-0.3, -0.25) is 9.47 Å². The van der Waals surface area contributed by atoms with Gasteiger partial charge in [-0.15, -0.1) is 10.2 Å². The standard InChI is InChI=1S/C24H25ClFN7O/c25-17-1-2-20-15(5-17)9-31(18-3-4-34-11-18)10-21-29-30-22(33(20)21)16-6-24(7-16)12-32(13-24)23-19(26)8-27-14-28-23/h1-2,5,8,14,16,18H,3-4,6-7,9-13H2/t18-/m1/s1. The van der Waals surface area contributed by atoms with Gasteiger partial charge in [0.05, 0.1) is 25.0 Å². The van der Waals surface area contributed by atoms with Crippen LogP contribution >= 0.6 is 11.6 Å². The molecule has 4 aliphatic rings. The van der Waals surface area contributed by atoms with Crippen LogP contribution in [-0.4, -0.2) is 62.0 Å². The first kappa shape index (κ1) is 20.7. The van der Waals surface area contributed by atoms with Gasteiger partial charge in [0.15, 0.2) is 17.5 Å². The Morgan fingerprint density at radius 1 is 1.15 bits per heavy atom. The number of anilines is 1. The molecule has 0 unspecified atom stereocenters. The predicted octanol–water partition coefficient (Wildman–Crippen LogP) is 3.34. The first-order valence-corrected chi connectivity index (χ1v) is 12.2. The van der Waals surface area contributed by atoms with Crippen LogP contribution in [0, 0.1) is 11.2 Å². The zero-order valence-corrected chi connectivity index (χ0v) is 19.5. The van der Waals surface area contributed by atoms with Crippen LogP contribution in [0.15, 0.2) is 30.7 Å². The minimum absolute atomic E-state index is 0.204. The monoisotopic (exact) mass is 481 g/mol. The zero-order valence-electron chi connectivity index (χ0n) is 18.7. The minimum Gasteiger partial charge on any atom is -0.380 e. The van der Waals surface area contributed by atoms with E-state index in [1.165, 1.54) is 18.1 Å². The molecule has 1 saturated carbocycles. The third-order valence-electron chi connectivity index (χ3n) is 7.90. The van der Waals surface area contributed by atoms with Gasteiger partial charge < -0.3 is 9.64 Å². The van der Waals surface area contributed by atoms with E-state index in [0.29, 0.717) is 17.8 Å². The molecule has 2 saturated heterocycles. The molecule has 8 nitrogen and oxygen atoms in total. The van der Waals surface area contributed by atoms with Crippen molar-refractivity contribution in [2.45, 2.75) is 44.3 Å². The molecule has 1 aliphatic carbocycles. The Bertz CT molecular complexity index is 1250. The molecule has 1 aromatic carbocycles. The molecule has 34 heavy (non-hydrogen) atoms. The molecule has 2 aromatic heterocycles. The number of aromatic nitrogens is 5. The second-order valence-corrected chi connectivity index (χ2v) is 10.6. The Hall–Kier alpha value is -2.62. The topological polar surface area (TPSA) is 72.2 Å². The van der Waals surface area contributed by atoms with Crippen LogP contribution in [0.3, 0.4) is 0 Å². The first-order chi connectivity index (χ1) is 16.6. The summed E-state index contributed by atoms with van der Waals surface area (Å²) in [6.45, 7) is 4.76. The van der Waals surface area contributed by atoms with Gasteiger partial charge in [0.2, 0.25) is 0 Å². The Morgan fingerprint density at radius 3 is 2.82 bits per heavy atom. The lowest BCUT2D eigenvalue weighted by Gasteiger charge is -2.59. The van der Waals surface area contributed by atoms with Crippen molar-refractivity contribution in [3.05, 3.63) is 58.8 Å². The van der Waals surface area contributed by atoms with Crippen LogP contribution < -0.4 is 4.90 Å². The van der Waals surface area contributed by atoms with Crippen LogP contribution in [0.25, 0.3) is 5.69 Å². The van der Waals surface area contributed by atoms with Gasteiger partial charge in [0, 0.05) is 48.6 Å². The highest BCUT2D eigenvalue weighted by molar-refractivity contribution is 6.30. The summed E-state index contributed by atoms with van der Waals surface area (Å²) in [5.74, 6) is 2.39. The summed E-state index contributed by atoms with van der Waals surface area (Å²) in [6.07, 6.45) is 5.72. The van der Waals surface area contributed by atoms with Gasteiger partial charge >= 0.3 is 0 Å². The summed E-state index contributed by atoms with van der Waals surface area (Å²) in [6, 6.07) is 6.50. The van der Waals surface area contributed by atoms with Crippen LogP contribution in [-0.2, 0) is 17.8 Å². The van der Waals surface area contributed by atoms with Crippen LogP contribution in [0.1, 0.15) is 42.4 Å². The quantitative estimate of drug-likeness (QED) is 0.568. The van der Waals surface area contributed by atoms with E-state index in [1.54, 1.807) is 0 Å². The van der Waals surface area contributed by atoms with E-state index in [4.69, 9.17) is 16.3 Å². The van der Waals surface area contributed by atoms with E-state index in [2.05, 4.69) is 41.8 Å². The Balaban J connectivity index is 1.15. The molecular formula is C24H25ClFN7O. The number of nitrogens with zero attached hydrogens (tertiary/aromatic N) is 7. The Labute approximate surface area is 201 Å². The van der Waals surface area contributed by atoms with Crippen molar-refractivity contribution in [2.24, 2.45) is 5.41 Å². The summed E-state index contributed by atoms with van der Waals surface area (Å²) in [5.41, 5.74) is 2.53. The fraction of sp³-hybridized carbons (Fsp3) is 0.500. The lowest BCUT2D eigenvalue weighted by molar-refractivity contribution is 0.0575. The maximum Gasteiger partial charge on any atom is 0.183 e. The molecule has 10 heteroatoms. The normalized spacial score (nSPS) is 23.8. The Morgan fingerprint density at radius 2 is 2.03 bits per heavy atom. The molecule has 0 amide bonds. The molecule has 0 N–H and O–H groups in total. The van der Waals surface area contributed by atoms with E-state index >= 15 is 0 Å². The fourth-order valence-electron chi connectivity index (χ4n) is 6.26. The van der Waals surface area contributed by atoms with E-state index in [9.17, 15) is 4.39 Å². The number of halogens is 2. The predicted molar refractivity (Wildman–Crippen MR) is 123 cm³/mol. The van der Waals surface area contributed by atoms with Crippen molar-refractivity contribution >= 4 is 17.4 Å². The molecule has 7 rings (SSSR count). The van der Waals surface area contributed by atoms with Crippen molar-refractivity contribution in [2.75, 3.05) is 31.2 Å². The number of fused-ring (bicyclic) bond motifs is 3. The molecule has 0 bridgehead atoms. The minimum atomic E-state index is -0.358. The lowest BCUT2D eigenvalue weighted by atomic mass is 9.57. The highest BCUT2D eigenvalue weighted by atomic mass is 35.5. The van der Waals surface area contributed by atoms with Crippen LogP contribution in [0.4, 0.5) is 10.2 Å². The average molecular weight is 482 g/mol. The number of hydrogen-bond donors (Lipinski definition) is 0. The van der Waals surface area contributed by atoms with Crippen molar-refractivity contribution in [1.29, 1.82) is 0 Å². The number of hydrogen-bond acceptors (Lipinski definition) is 7. The highest BCUT2D eigenvalue weighted by Gasteiger charge is 2.55. The summed E-state index contributed by atoms with van der Waals surface area (Å²) < 4.78 is 22.0. The molecule has 3 fully saturated rings. The second-order valence-electron chi connectivity index (χ2n) is 10.2.